The van der Waals surface area contributed by atoms with Gasteiger partial charge in [-0.15, -0.1) is 10.2 Å². The van der Waals surface area contributed by atoms with E-state index < -0.39 is 0 Å². The monoisotopic (exact) mass is 421 g/mol. The van der Waals surface area contributed by atoms with Crippen molar-refractivity contribution in [3.8, 4) is 17.1 Å². The van der Waals surface area contributed by atoms with E-state index in [1.807, 2.05) is 77.2 Å². The summed E-state index contributed by atoms with van der Waals surface area (Å²) in [6.07, 6.45) is 2.06. The summed E-state index contributed by atoms with van der Waals surface area (Å²) < 4.78 is 2.03. The lowest BCUT2D eigenvalue weighted by Gasteiger charge is -2.35. The Bertz CT molecular complexity index is 968. The predicted octanol–water partition coefficient (Wildman–Crippen LogP) is 3.58. The van der Waals surface area contributed by atoms with Crippen LogP contribution in [0.15, 0.2) is 65.8 Å². The maximum atomic E-state index is 12.9. The maximum absolute atomic E-state index is 12.9. The predicted molar refractivity (Wildman–Crippen MR) is 121 cm³/mol. The van der Waals surface area contributed by atoms with E-state index in [2.05, 4.69) is 22.1 Å². The molecule has 6 nitrogen and oxygen atoms in total. The summed E-state index contributed by atoms with van der Waals surface area (Å²) in [5.41, 5.74) is 1.98. The third kappa shape index (κ3) is 4.57. The van der Waals surface area contributed by atoms with E-state index in [1.54, 1.807) is 0 Å². The minimum absolute atomic E-state index is 0.137. The van der Waals surface area contributed by atoms with Crippen molar-refractivity contribution in [3.05, 3.63) is 60.7 Å². The quantitative estimate of drug-likeness (QED) is 0.570. The van der Waals surface area contributed by atoms with Crippen molar-refractivity contribution in [2.75, 3.05) is 32.9 Å². The van der Waals surface area contributed by atoms with E-state index in [4.69, 9.17) is 0 Å². The molecule has 1 aliphatic rings. The number of carbonyl (C=O) groups is 1. The van der Waals surface area contributed by atoms with Crippen molar-refractivity contribution in [1.82, 2.24) is 24.6 Å². The van der Waals surface area contributed by atoms with Crippen molar-refractivity contribution >= 4 is 17.7 Å². The highest BCUT2D eigenvalue weighted by molar-refractivity contribution is 7.99. The van der Waals surface area contributed by atoms with Gasteiger partial charge in [0.1, 0.15) is 0 Å². The van der Waals surface area contributed by atoms with Gasteiger partial charge in [0, 0.05) is 24.3 Å². The molecular formula is C23H27N5OS. The van der Waals surface area contributed by atoms with Crippen LogP contribution >= 0.6 is 11.8 Å². The Hall–Kier alpha value is -2.64. The third-order valence-corrected chi connectivity index (χ3v) is 6.55. The molecule has 0 unspecified atom stereocenters. The number of piperidine rings is 1. The molecule has 0 atom stereocenters. The zero-order chi connectivity index (χ0) is 20.9. The smallest absolute Gasteiger partial charge is 0.233 e. The summed E-state index contributed by atoms with van der Waals surface area (Å²) in [6, 6.07) is 20.4. The number of para-hydroxylation sites is 1. The number of carbonyl (C=O) groups excluding carboxylic acids is 1. The SMILES string of the molecule is CN1CCC(N(C)C(=O)CSc2nnc(-c3ccccc3)n2-c2ccccc2)CC1. The summed E-state index contributed by atoms with van der Waals surface area (Å²) in [6.45, 7) is 2.08. The number of thioether (sulfide) groups is 1. The minimum atomic E-state index is 0.137. The molecule has 1 amide bonds. The topological polar surface area (TPSA) is 54.3 Å². The molecule has 7 heteroatoms. The van der Waals surface area contributed by atoms with Crippen LogP contribution in [0.3, 0.4) is 0 Å². The van der Waals surface area contributed by atoms with Gasteiger partial charge in [-0.3, -0.25) is 9.36 Å². The summed E-state index contributed by atoms with van der Waals surface area (Å²) in [5, 5.41) is 9.59. The second-order valence-electron chi connectivity index (χ2n) is 7.67. The highest BCUT2D eigenvalue weighted by Gasteiger charge is 2.25. The van der Waals surface area contributed by atoms with Crippen LogP contribution in [0.4, 0.5) is 0 Å². The van der Waals surface area contributed by atoms with Crippen LogP contribution in [-0.4, -0.2) is 69.5 Å². The standard InChI is InChI=1S/C23H27N5OS/c1-26-15-13-19(14-16-26)27(2)21(29)17-30-23-25-24-22(18-9-5-3-6-10-18)28(23)20-11-7-4-8-12-20/h3-12,19H,13-17H2,1-2H3. The Morgan fingerprint density at radius 2 is 1.67 bits per heavy atom. The van der Waals surface area contributed by atoms with Gasteiger partial charge >= 0.3 is 0 Å². The zero-order valence-corrected chi connectivity index (χ0v) is 18.3. The van der Waals surface area contributed by atoms with Crippen molar-refractivity contribution < 1.29 is 4.79 Å². The van der Waals surface area contributed by atoms with Gasteiger partial charge in [0.25, 0.3) is 0 Å². The van der Waals surface area contributed by atoms with Crippen molar-refractivity contribution in [3.63, 3.8) is 0 Å². The largest absolute Gasteiger partial charge is 0.342 e. The number of hydrogen-bond acceptors (Lipinski definition) is 5. The molecule has 0 saturated carbocycles. The van der Waals surface area contributed by atoms with E-state index in [0.717, 1.165) is 48.2 Å². The molecule has 0 N–H and O–H groups in total. The summed E-state index contributed by atoms with van der Waals surface area (Å²) in [5.74, 6) is 1.27. The molecule has 4 rings (SSSR count). The second kappa shape index (κ2) is 9.45. The number of amides is 1. The third-order valence-electron chi connectivity index (χ3n) is 5.63. The van der Waals surface area contributed by atoms with E-state index in [9.17, 15) is 4.79 Å². The van der Waals surface area contributed by atoms with Crippen molar-refractivity contribution in [2.24, 2.45) is 0 Å². The molecule has 1 aromatic heterocycles. The fourth-order valence-corrected chi connectivity index (χ4v) is 4.64. The van der Waals surface area contributed by atoms with E-state index in [0.29, 0.717) is 11.8 Å². The molecule has 0 spiro atoms. The summed E-state index contributed by atoms with van der Waals surface area (Å²) in [4.78, 5) is 17.1. The summed E-state index contributed by atoms with van der Waals surface area (Å²) in [7, 11) is 4.06. The lowest BCUT2D eigenvalue weighted by molar-refractivity contribution is -0.129. The molecule has 156 valence electrons. The molecule has 3 aromatic rings. The van der Waals surface area contributed by atoms with Gasteiger partial charge in [-0.05, 0) is 45.1 Å². The van der Waals surface area contributed by atoms with Gasteiger partial charge in [-0.2, -0.15) is 0 Å². The van der Waals surface area contributed by atoms with Crippen LogP contribution in [0, 0.1) is 0 Å². The lowest BCUT2D eigenvalue weighted by Crippen LogP contribution is -2.45. The second-order valence-corrected chi connectivity index (χ2v) is 8.61. The molecular weight excluding hydrogens is 394 g/mol. The Morgan fingerprint density at radius 1 is 1.03 bits per heavy atom. The Balaban J connectivity index is 1.53. The molecule has 2 heterocycles. The first-order valence-corrected chi connectivity index (χ1v) is 11.3. The number of hydrogen-bond donors (Lipinski definition) is 0. The highest BCUT2D eigenvalue weighted by atomic mass is 32.2. The molecule has 0 aliphatic carbocycles. The molecule has 30 heavy (non-hydrogen) atoms. The van der Waals surface area contributed by atoms with Crippen LogP contribution < -0.4 is 0 Å². The van der Waals surface area contributed by atoms with Gasteiger partial charge in [0.05, 0.1) is 5.75 Å². The van der Waals surface area contributed by atoms with E-state index in [-0.39, 0.29) is 5.91 Å². The number of aromatic nitrogens is 3. The van der Waals surface area contributed by atoms with Gasteiger partial charge < -0.3 is 9.80 Å². The van der Waals surface area contributed by atoms with Crippen LogP contribution in [0.2, 0.25) is 0 Å². The lowest BCUT2D eigenvalue weighted by atomic mass is 10.0. The normalized spacial score (nSPS) is 15.3. The van der Waals surface area contributed by atoms with Crippen LogP contribution in [-0.2, 0) is 4.79 Å². The molecule has 1 fully saturated rings. The average molecular weight is 422 g/mol. The molecule has 1 aliphatic heterocycles. The van der Waals surface area contributed by atoms with E-state index in [1.165, 1.54) is 11.8 Å². The summed E-state index contributed by atoms with van der Waals surface area (Å²) >= 11 is 1.45. The molecule has 0 radical (unpaired) electrons. The first-order valence-electron chi connectivity index (χ1n) is 10.3. The Morgan fingerprint density at radius 3 is 2.33 bits per heavy atom. The maximum Gasteiger partial charge on any atom is 0.233 e. The number of benzene rings is 2. The fourth-order valence-electron chi connectivity index (χ4n) is 3.76. The van der Waals surface area contributed by atoms with Gasteiger partial charge in [0.15, 0.2) is 11.0 Å². The van der Waals surface area contributed by atoms with Crippen LogP contribution in [0.25, 0.3) is 17.1 Å². The number of rotatable bonds is 6. The first kappa shape index (κ1) is 20.6. The van der Waals surface area contributed by atoms with E-state index >= 15 is 0 Å². The van der Waals surface area contributed by atoms with Gasteiger partial charge in [-0.25, -0.2) is 0 Å². The fraction of sp³-hybridized carbons (Fsp3) is 0.348. The molecule has 2 aromatic carbocycles. The first-order chi connectivity index (χ1) is 14.6. The highest BCUT2D eigenvalue weighted by Crippen LogP contribution is 2.28. The van der Waals surface area contributed by atoms with Gasteiger partial charge in [0.2, 0.25) is 5.91 Å². The van der Waals surface area contributed by atoms with Crippen molar-refractivity contribution in [2.45, 2.75) is 24.0 Å². The molecule has 1 saturated heterocycles. The number of nitrogens with zero attached hydrogens (tertiary/aromatic N) is 5. The Labute approximate surface area is 181 Å². The van der Waals surface area contributed by atoms with Crippen LogP contribution in [0.5, 0.6) is 0 Å². The average Bonchev–Trinajstić information content (AvgIpc) is 3.22. The van der Waals surface area contributed by atoms with Crippen molar-refractivity contribution in [1.29, 1.82) is 0 Å². The Kier molecular flexibility index (Phi) is 6.50. The van der Waals surface area contributed by atoms with Crippen LogP contribution in [0.1, 0.15) is 12.8 Å². The zero-order valence-electron chi connectivity index (χ0n) is 17.4. The minimum Gasteiger partial charge on any atom is -0.342 e. The number of likely N-dealkylation sites (tertiary alicyclic amines) is 1. The van der Waals surface area contributed by atoms with Gasteiger partial charge in [-0.1, -0.05) is 60.3 Å². The molecule has 0 bridgehead atoms.